The van der Waals surface area contributed by atoms with Crippen LogP contribution in [-0.2, 0) is 4.57 Å². The largest absolute Gasteiger partial charge is 1.00 e. The van der Waals surface area contributed by atoms with Crippen LogP contribution in [0.4, 0.5) is 0 Å². The zero-order valence-corrected chi connectivity index (χ0v) is 9.93. The Labute approximate surface area is 94.9 Å². The number of hydrogen-bond acceptors (Lipinski definition) is 2. The van der Waals surface area contributed by atoms with Crippen LogP contribution in [0.15, 0.2) is 0 Å². The topological polar surface area (TPSA) is 83.6 Å². The van der Waals surface area contributed by atoms with E-state index in [4.69, 9.17) is 9.79 Å². The van der Waals surface area contributed by atoms with Crippen LogP contribution in [-0.4, -0.2) is 16.1 Å². The molecule has 0 saturated heterocycles. The molecule has 0 aromatic rings. The molecule has 8 heavy (non-hydrogen) atoms. The molecule has 42 valence electrons. The number of rotatable bonds is 1. The van der Waals surface area contributed by atoms with E-state index in [0.717, 1.165) is 0 Å². The van der Waals surface area contributed by atoms with Gasteiger partial charge in [-0.25, -0.2) is 0 Å². The number of nitrogens with two attached hydrogens (primary N) is 1. The molecule has 4 N–H and O–H groups in total. The molecule has 0 aromatic heterocycles. The predicted molar refractivity (Wildman–Crippen MR) is 23.3 cm³/mol. The Kier molecular flexibility index (Phi) is 15.0. The van der Waals surface area contributed by atoms with Gasteiger partial charge in [0, 0.05) is 0 Å². The van der Waals surface area contributed by atoms with Crippen LogP contribution >= 0.6 is 7.60 Å². The second kappa shape index (κ2) is 7.22. The van der Waals surface area contributed by atoms with Crippen molar-refractivity contribution in [3.8, 4) is 0 Å². The van der Waals surface area contributed by atoms with Crippen molar-refractivity contribution in [2.45, 2.75) is 0 Å². The van der Waals surface area contributed by atoms with Gasteiger partial charge >= 0.3 is 66.7 Å². The molecule has 0 radical (unpaired) electrons. The Morgan fingerprint density at radius 1 is 1.50 bits per heavy atom. The second-order valence-corrected chi connectivity index (χ2v) is 2.54. The summed E-state index contributed by atoms with van der Waals surface area (Å²) in [7, 11) is -3.87. The standard InChI is InChI=1S/CH6NO3P.2Na.2H/c2-1-6(3,4)5;;;;/h1-2H2,(H2,3,4,5);;;;/q;2*+1;2*-1. The van der Waals surface area contributed by atoms with E-state index in [1.807, 2.05) is 0 Å². The molecule has 0 aliphatic rings. The molecule has 0 fully saturated rings. The third-order valence-electron chi connectivity index (χ3n) is 0.238. The van der Waals surface area contributed by atoms with Gasteiger partial charge in [-0.3, -0.25) is 4.57 Å². The van der Waals surface area contributed by atoms with Crippen LogP contribution < -0.4 is 64.8 Å². The summed E-state index contributed by atoms with van der Waals surface area (Å²) in [5.74, 6) is 0. The summed E-state index contributed by atoms with van der Waals surface area (Å²) in [5, 5.41) is 0. The van der Waals surface area contributed by atoms with Gasteiger partial charge in [0.1, 0.15) is 0 Å². The van der Waals surface area contributed by atoms with Gasteiger partial charge in [-0.2, -0.15) is 0 Å². The maximum absolute atomic E-state index is 9.57. The Bertz CT molecular complexity index is 88.6. The van der Waals surface area contributed by atoms with Crippen molar-refractivity contribution in [3.63, 3.8) is 0 Å². The van der Waals surface area contributed by atoms with Crippen molar-refractivity contribution in [1.29, 1.82) is 0 Å². The van der Waals surface area contributed by atoms with Crippen LogP contribution in [0.3, 0.4) is 0 Å². The van der Waals surface area contributed by atoms with Crippen molar-refractivity contribution in [3.05, 3.63) is 0 Å². The van der Waals surface area contributed by atoms with Gasteiger partial charge in [0.2, 0.25) is 0 Å². The minimum Gasteiger partial charge on any atom is -1.00 e. The molecule has 0 unspecified atom stereocenters. The van der Waals surface area contributed by atoms with Crippen molar-refractivity contribution >= 4 is 7.60 Å². The molecule has 0 aromatic carbocycles. The first-order valence-corrected chi connectivity index (χ1v) is 3.10. The second-order valence-electron chi connectivity index (χ2n) is 0.847. The molecule has 0 amide bonds. The molecule has 7 heteroatoms. The van der Waals surface area contributed by atoms with E-state index in [2.05, 4.69) is 5.73 Å². The van der Waals surface area contributed by atoms with E-state index < -0.39 is 13.9 Å². The summed E-state index contributed by atoms with van der Waals surface area (Å²) < 4.78 is 9.57. The van der Waals surface area contributed by atoms with Crippen LogP contribution in [0, 0.1) is 0 Å². The SMILES string of the molecule is NCP(=O)(O)O.[H-].[H-].[Na+].[Na+]. The van der Waals surface area contributed by atoms with E-state index in [0.29, 0.717) is 0 Å². The predicted octanol–water partition coefficient (Wildman–Crippen LogP) is -6.69. The van der Waals surface area contributed by atoms with Crippen molar-refractivity contribution < 1.29 is 76.3 Å². The average molecular weight is 159 g/mol. The van der Waals surface area contributed by atoms with Crippen LogP contribution in [0.5, 0.6) is 0 Å². The average Bonchev–Trinajstić information content (AvgIpc) is 1.35. The van der Waals surface area contributed by atoms with E-state index in [-0.39, 0.29) is 62.0 Å². The first-order valence-electron chi connectivity index (χ1n) is 1.31. The molecule has 4 nitrogen and oxygen atoms in total. The maximum Gasteiger partial charge on any atom is 1.00 e. The summed E-state index contributed by atoms with van der Waals surface area (Å²) in [6.45, 7) is 0. The van der Waals surface area contributed by atoms with Crippen LogP contribution in [0.1, 0.15) is 2.85 Å². The monoisotopic (exact) mass is 159 g/mol. The molecule has 0 saturated carbocycles. The summed E-state index contributed by atoms with van der Waals surface area (Å²) >= 11 is 0. The van der Waals surface area contributed by atoms with E-state index in [1.165, 1.54) is 0 Å². The quantitative estimate of drug-likeness (QED) is 0.262. The summed E-state index contributed by atoms with van der Waals surface area (Å²) in [6, 6.07) is 0. The fourth-order valence-corrected chi connectivity index (χ4v) is 0. The van der Waals surface area contributed by atoms with Gasteiger partial charge in [0.05, 0.1) is 6.29 Å². The minimum absolute atomic E-state index is 0. The maximum atomic E-state index is 9.57. The van der Waals surface area contributed by atoms with Gasteiger partial charge in [-0.15, -0.1) is 0 Å². The zero-order valence-electron chi connectivity index (χ0n) is 7.03. The van der Waals surface area contributed by atoms with Crippen molar-refractivity contribution in [2.75, 3.05) is 6.29 Å². The third kappa shape index (κ3) is 15.7. The smallest absolute Gasteiger partial charge is 1.00 e. The fraction of sp³-hybridized carbons (Fsp3) is 1.00. The molecule has 0 heterocycles. The van der Waals surface area contributed by atoms with Gasteiger partial charge in [-0.05, 0) is 0 Å². The molecule has 0 aliphatic carbocycles. The normalized spacial score (nSPS) is 8.88. The van der Waals surface area contributed by atoms with Gasteiger partial charge < -0.3 is 18.4 Å². The van der Waals surface area contributed by atoms with Crippen LogP contribution in [0.25, 0.3) is 0 Å². The Morgan fingerprint density at radius 2 is 1.62 bits per heavy atom. The molecule has 0 aliphatic heterocycles. The summed E-state index contributed by atoms with van der Waals surface area (Å²) in [5.41, 5.74) is 4.54. The summed E-state index contributed by atoms with van der Waals surface area (Å²) in [4.78, 5) is 15.6. The minimum atomic E-state index is -3.87. The fourth-order valence-electron chi connectivity index (χ4n) is 0. The zero-order chi connectivity index (χ0) is 5.21. The van der Waals surface area contributed by atoms with Crippen LogP contribution in [0.2, 0.25) is 0 Å². The van der Waals surface area contributed by atoms with Crippen molar-refractivity contribution in [1.82, 2.24) is 0 Å². The van der Waals surface area contributed by atoms with E-state index in [9.17, 15) is 4.57 Å². The molecular formula is CH8NNa2O3P. The Balaban J connectivity index is -0.0000000208. The third-order valence-corrected chi connectivity index (χ3v) is 0.714. The molecule has 0 atom stereocenters. The molecule has 0 spiro atoms. The van der Waals surface area contributed by atoms with Gasteiger partial charge in [0.15, 0.2) is 0 Å². The Morgan fingerprint density at radius 3 is 1.62 bits per heavy atom. The first kappa shape index (κ1) is 16.6. The van der Waals surface area contributed by atoms with Crippen molar-refractivity contribution in [2.24, 2.45) is 5.73 Å². The van der Waals surface area contributed by atoms with Gasteiger partial charge in [-0.1, -0.05) is 0 Å². The van der Waals surface area contributed by atoms with E-state index >= 15 is 0 Å². The molecular weight excluding hydrogens is 151 g/mol. The summed E-state index contributed by atoms with van der Waals surface area (Å²) in [6.07, 6.45) is -0.562. The Hall–Kier alpha value is 2.11. The first-order chi connectivity index (χ1) is 2.56. The number of hydrogen-bond donors (Lipinski definition) is 3. The van der Waals surface area contributed by atoms with Gasteiger partial charge in [0.25, 0.3) is 0 Å². The molecule has 0 rings (SSSR count). The molecule has 0 bridgehead atoms. The van der Waals surface area contributed by atoms with E-state index in [1.54, 1.807) is 0 Å².